The summed E-state index contributed by atoms with van der Waals surface area (Å²) in [6.45, 7) is 3.29. The van der Waals surface area contributed by atoms with Gasteiger partial charge in [0.05, 0.1) is 11.8 Å². The first kappa shape index (κ1) is 18.7. The predicted octanol–water partition coefficient (Wildman–Crippen LogP) is 1.98. The Balaban J connectivity index is 1.30. The van der Waals surface area contributed by atoms with Crippen LogP contribution in [0.4, 0.5) is 5.82 Å². The van der Waals surface area contributed by atoms with Gasteiger partial charge in [-0.3, -0.25) is 9.78 Å². The van der Waals surface area contributed by atoms with Gasteiger partial charge in [0.15, 0.2) is 0 Å². The Morgan fingerprint density at radius 1 is 1.14 bits per heavy atom. The molecule has 7 heteroatoms. The van der Waals surface area contributed by atoms with Gasteiger partial charge in [0.25, 0.3) is 5.91 Å². The van der Waals surface area contributed by atoms with Gasteiger partial charge in [0.1, 0.15) is 17.7 Å². The SMILES string of the molecule is O=C(c1ccc(N2CC[C@H](CO)C2)nc1)N1CCC(Oc2cccnc2)CC1. The number of pyridine rings is 2. The van der Waals surface area contributed by atoms with Crippen LogP contribution in [-0.2, 0) is 0 Å². The zero-order valence-electron chi connectivity index (χ0n) is 15.9. The van der Waals surface area contributed by atoms with Gasteiger partial charge in [0, 0.05) is 63.9 Å². The van der Waals surface area contributed by atoms with Crippen LogP contribution in [0.25, 0.3) is 0 Å². The van der Waals surface area contributed by atoms with Crippen LogP contribution >= 0.6 is 0 Å². The molecule has 4 rings (SSSR count). The summed E-state index contributed by atoms with van der Waals surface area (Å²) in [5, 5.41) is 9.28. The summed E-state index contributed by atoms with van der Waals surface area (Å²) in [5.41, 5.74) is 0.619. The fourth-order valence-electron chi connectivity index (χ4n) is 3.86. The number of rotatable bonds is 5. The van der Waals surface area contributed by atoms with E-state index >= 15 is 0 Å². The van der Waals surface area contributed by atoms with Gasteiger partial charge < -0.3 is 19.6 Å². The monoisotopic (exact) mass is 382 g/mol. The number of amides is 1. The summed E-state index contributed by atoms with van der Waals surface area (Å²) in [5.74, 6) is 1.99. The summed E-state index contributed by atoms with van der Waals surface area (Å²) < 4.78 is 5.94. The fourth-order valence-corrected chi connectivity index (χ4v) is 3.86. The van der Waals surface area contributed by atoms with Gasteiger partial charge in [-0.25, -0.2) is 4.98 Å². The van der Waals surface area contributed by atoms with Gasteiger partial charge >= 0.3 is 0 Å². The summed E-state index contributed by atoms with van der Waals surface area (Å²) in [6, 6.07) is 7.53. The lowest BCUT2D eigenvalue weighted by Crippen LogP contribution is -2.41. The minimum absolute atomic E-state index is 0.0218. The number of hydrogen-bond acceptors (Lipinski definition) is 6. The van der Waals surface area contributed by atoms with Gasteiger partial charge in [-0.2, -0.15) is 0 Å². The Hall–Kier alpha value is -2.67. The molecule has 148 valence electrons. The number of aromatic nitrogens is 2. The standard InChI is InChI=1S/C21H26N4O3/c26-15-16-5-9-25(14-16)20-4-3-17(12-23-20)21(27)24-10-6-18(7-11-24)28-19-2-1-8-22-13-19/h1-4,8,12-13,16,18,26H,5-7,9-11,14-15H2/t16-/m0/s1. The molecule has 4 heterocycles. The first-order valence-electron chi connectivity index (χ1n) is 9.91. The summed E-state index contributed by atoms with van der Waals surface area (Å²) in [6.07, 6.45) is 7.82. The van der Waals surface area contributed by atoms with E-state index in [1.54, 1.807) is 18.6 Å². The average Bonchev–Trinajstić information content (AvgIpc) is 3.24. The number of carbonyl (C=O) groups is 1. The molecular weight excluding hydrogens is 356 g/mol. The molecule has 0 bridgehead atoms. The molecular formula is C21H26N4O3. The Kier molecular flexibility index (Phi) is 5.71. The van der Waals surface area contributed by atoms with Crippen molar-refractivity contribution >= 4 is 11.7 Å². The largest absolute Gasteiger partial charge is 0.489 e. The van der Waals surface area contributed by atoms with E-state index in [2.05, 4.69) is 14.9 Å². The Morgan fingerprint density at radius 3 is 2.64 bits per heavy atom. The Labute approximate surface area is 165 Å². The maximum Gasteiger partial charge on any atom is 0.255 e. The topological polar surface area (TPSA) is 78.8 Å². The van der Waals surface area contributed by atoms with Gasteiger partial charge in [-0.15, -0.1) is 0 Å². The molecule has 0 aromatic carbocycles. The molecule has 0 aliphatic carbocycles. The second kappa shape index (κ2) is 8.56. The van der Waals surface area contributed by atoms with E-state index in [1.165, 1.54) is 0 Å². The minimum atomic E-state index is 0.0218. The van der Waals surface area contributed by atoms with Crippen LogP contribution in [-0.4, -0.2) is 64.8 Å². The third-order valence-electron chi connectivity index (χ3n) is 5.53. The minimum Gasteiger partial charge on any atom is -0.489 e. The van der Waals surface area contributed by atoms with Crippen LogP contribution in [0.2, 0.25) is 0 Å². The molecule has 2 fully saturated rings. The molecule has 0 saturated carbocycles. The lowest BCUT2D eigenvalue weighted by Gasteiger charge is -2.32. The highest BCUT2D eigenvalue weighted by Gasteiger charge is 2.26. The predicted molar refractivity (Wildman–Crippen MR) is 105 cm³/mol. The van der Waals surface area contributed by atoms with Crippen LogP contribution in [0.3, 0.4) is 0 Å². The van der Waals surface area contributed by atoms with Crippen LogP contribution in [0, 0.1) is 5.92 Å². The van der Waals surface area contributed by atoms with Gasteiger partial charge in [-0.05, 0) is 30.7 Å². The van der Waals surface area contributed by atoms with Crippen molar-refractivity contribution in [2.24, 2.45) is 5.92 Å². The van der Waals surface area contributed by atoms with E-state index in [1.807, 2.05) is 29.2 Å². The smallest absolute Gasteiger partial charge is 0.255 e. The third-order valence-corrected chi connectivity index (χ3v) is 5.53. The van der Waals surface area contributed by atoms with Crippen LogP contribution in [0.15, 0.2) is 42.9 Å². The van der Waals surface area contributed by atoms with Crippen molar-refractivity contribution in [1.29, 1.82) is 0 Å². The number of ether oxygens (including phenoxy) is 1. The molecule has 2 aliphatic heterocycles. The Morgan fingerprint density at radius 2 is 2.00 bits per heavy atom. The number of hydrogen-bond donors (Lipinski definition) is 1. The lowest BCUT2D eigenvalue weighted by atomic mass is 10.1. The van der Waals surface area contributed by atoms with Crippen molar-refractivity contribution in [3.63, 3.8) is 0 Å². The van der Waals surface area contributed by atoms with Gasteiger partial charge in [-0.1, -0.05) is 0 Å². The molecule has 1 N–H and O–H groups in total. The van der Waals surface area contributed by atoms with Crippen molar-refractivity contribution in [2.45, 2.75) is 25.4 Å². The third kappa shape index (κ3) is 4.25. The summed E-state index contributed by atoms with van der Waals surface area (Å²) in [4.78, 5) is 25.4. The lowest BCUT2D eigenvalue weighted by molar-refractivity contribution is 0.0594. The molecule has 2 aromatic rings. The molecule has 2 aliphatic rings. The first-order chi connectivity index (χ1) is 13.7. The van der Waals surface area contributed by atoms with Crippen LogP contribution in [0.5, 0.6) is 5.75 Å². The number of aliphatic hydroxyl groups is 1. The van der Waals surface area contributed by atoms with Crippen molar-refractivity contribution in [1.82, 2.24) is 14.9 Å². The summed E-state index contributed by atoms with van der Waals surface area (Å²) in [7, 11) is 0. The van der Waals surface area contributed by atoms with E-state index < -0.39 is 0 Å². The normalized spacial score (nSPS) is 20.4. The number of anilines is 1. The first-order valence-corrected chi connectivity index (χ1v) is 9.91. The number of aliphatic hydroxyl groups excluding tert-OH is 1. The molecule has 1 amide bonds. The number of nitrogens with zero attached hydrogens (tertiary/aromatic N) is 4. The van der Waals surface area contributed by atoms with Crippen LogP contribution in [0.1, 0.15) is 29.6 Å². The van der Waals surface area contributed by atoms with Gasteiger partial charge in [0.2, 0.25) is 0 Å². The molecule has 2 saturated heterocycles. The maximum absolute atomic E-state index is 12.8. The molecule has 0 spiro atoms. The van der Waals surface area contributed by atoms with E-state index in [4.69, 9.17) is 4.74 Å². The zero-order valence-corrected chi connectivity index (χ0v) is 15.9. The highest BCUT2D eigenvalue weighted by Crippen LogP contribution is 2.23. The second-order valence-corrected chi connectivity index (χ2v) is 7.49. The van der Waals surface area contributed by atoms with E-state index in [0.29, 0.717) is 24.6 Å². The van der Waals surface area contributed by atoms with Crippen molar-refractivity contribution in [2.75, 3.05) is 37.7 Å². The Bertz CT molecular complexity index is 776. The highest BCUT2D eigenvalue weighted by atomic mass is 16.5. The van der Waals surface area contributed by atoms with E-state index in [0.717, 1.165) is 43.9 Å². The number of likely N-dealkylation sites (tertiary alicyclic amines) is 1. The summed E-state index contributed by atoms with van der Waals surface area (Å²) >= 11 is 0. The second-order valence-electron chi connectivity index (χ2n) is 7.49. The molecule has 0 unspecified atom stereocenters. The van der Waals surface area contributed by atoms with Crippen LogP contribution < -0.4 is 9.64 Å². The molecule has 1 atom stereocenters. The molecule has 7 nitrogen and oxygen atoms in total. The quantitative estimate of drug-likeness (QED) is 0.852. The van der Waals surface area contributed by atoms with E-state index in [9.17, 15) is 9.90 Å². The molecule has 0 radical (unpaired) electrons. The fraction of sp³-hybridized carbons (Fsp3) is 0.476. The number of piperidine rings is 1. The maximum atomic E-state index is 12.8. The van der Waals surface area contributed by atoms with Crippen molar-refractivity contribution < 1.29 is 14.6 Å². The molecule has 28 heavy (non-hydrogen) atoms. The molecule has 2 aromatic heterocycles. The zero-order chi connectivity index (χ0) is 19.3. The highest BCUT2D eigenvalue weighted by molar-refractivity contribution is 5.94. The van der Waals surface area contributed by atoms with Crippen molar-refractivity contribution in [3.8, 4) is 5.75 Å². The average molecular weight is 382 g/mol. The van der Waals surface area contributed by atoms with E-state index in [-0.39, 0.29) is 18.6 Å². The number of carbonyl (C=O) groups excluding carboxylic acids is 1. The van der Waals surface area contributed by atoms with Crippen molar-refractivity contribution in [3.05, 3.63) is 48.4 Å².